The molecule has 0 aromatic heterocycles. The van der Waals surface area contributed by atoms with Crippen LogP contribution in [0.25, 0.3) is 66.8 Å². The quantitative estimate of drug-likeness (QED) is 0.186. The summed E-state index contributed by atoms with van der Waals surface area (Å²) in [6.45, 7) is 0. The van der Waals surface area contributed by atoms with Crippen molar-refractivity contribution >= 4 is 17.1 Å². The van der Waals surface area contributed by atoms with Crippen molar-refractivity contribution in [2.45, 2.75) is 19.3 Å². The summed E-state index contributed by atoms with van der Waals surface area (Å²) in [7, 11) is 12.9. The molecule has 10 rings (SSSR count). The van der Waals surface area contributed by atoms with Gasteiger partial charge in [0.05, 0.1) is 0 Å². The van der Waals surface area contributed by atoms with Crippen LogP contribution in [0.2, 0.25) is 0 Å². The van der Waals surface area contributed by atoms with E-state index in [4.69, 9.17) is 0 Å². The number of anilines is 3. The van der Waals surface area contributed by atoms with E-state index in [1.54, 1.807) is 0 Å². The lowest BCUT2D eigenvalue weighted by Crippen LogP contribution is -2.14. The SMILES string of the molecule is CN(C)c1ccc2c(c1-c1ccc(O)c(-c3c(N(C)C)ccc4c3Cc3ccccc3-4)c1-c1c(N(C)C)ccc3c1Cc1ccccc1-3)Cc1ccccc1-2. The molecule has 55 heavy (non-hydrogen) atoms. The van der Waals surface area contributed by atoms with Gasteiger partial charge in [-0.1, -0.05) is 91.0 Å². The van der Waals surface area contributed by atoms with E-state index in [9.17, 15) is 5.11 Å². The summed E-state index contributed by atoms with van der Waals surface area (Å²) in [4.78, 5) is 6.73. The van der Waals surface area contributed by atoms with E-state index in [2.05, 4.69) is 172 Å². The summed E-state index contributed by atoms with van der Waals surface area (Å²) < 4.78 is 0. The lowest BCUT2D eigenvalue weighted by atomic mass is 9.79. The average molecular weight is 716 g/mol. The number of fused-ring (bicyclic) bond motifs is 9. The smallest absolute Gasteiger partial charge is 0.124 e. The Balaban J connectivity index is 1.39. The van der Waals surface area contributed by atoms with Gasteiger partial charge in [-0.25, -0.2) is 0 Å². The molecule has 3 aliphatic rings. The van der Waals surface area contributed by atoms with Gasteiger partial charge in [0.15, 0.2) is 0 Å². The molecule has 0 aliphatic heterocycles. The Labute approximate surface area is 324 Å². The molecule has 0 radical (unpaired) electrons. The molecule has 0 amide bonds. The molecular formula is C51H45N3O. The van der Waals surface area contributed by atoms with Crippen molar-refractivity contribution in [2.24, 2.45) is 0 Å². The van der Waals surface area contributed by atoms with E-state index in [-0.39, 0.29) is 0 Å². The van der Waals surface area contributed by atoms with Crippen molar-refractivity contribution in [1.82, 2.24) is 0 Å². The fourth-order valence-electron chi connectivity index (χ4n) is 9.89. The Morgan fingerprint density at radius 3 is 1.09 bits per heavy atom. The number of hydrogen-bond donors (Lipinski definition) is 1. The second-order valence-electron chi connectivity index (χ2n) is 16.0. The summed E-state index contributed by atoms with van der Waals surface area (Å²) in [6.07, 6.45) is 2.49. The highest BCUT2D eigenvalue weighted by molar-refractivity contribution is 6.10. The summed E-state index contributed by atoms with van der Waals surface area (Å²) >= 11 is 0. The van der Waals surface area contributed by atoms with Gasteiger partial charge in [-0.15, -0.1) is 0 Å². The Morgan fingerprint density at radius 1 is 0.327 bits per heavy atom. The number of aromatic hydroxyl groups is 1. The minimum Gasteiger partial charge on any atom is -0.507 e. The summed E-state index contributed by atoms with van der Waals surface area (Å²) in [5, 5.41) is 12.7. The zero-order chi connectivity index (χ0) is 37.7. The Hall–Kier alpha value is -6.26. The lowest BCUT2D eigenvalue weighted by Gasteiger charge is -2.30. The third-order valence-corrected chi connectivity index (χ3v) is 12.3. The number of nitrogens with zero attached hydrogens (tertiary/aromatic N) is 3. The third kappa shape index (κ3) is 4.90. The minimum atomic E-state index is 0.297. The van der Waals surface area contributed by atoms with Crippen LogP contribution >= 0.6 is 0 Å². The van der Waals surface area contributed by atoms with Crippen LogP contribution in [0.1, 0.15) is 33.4 Å². The molecule has 0 bridgehead atoms. The maximum absolute atomic E-state index is 12.7. The first-order valence-corrected chi connectivity index (χ1v) is 19.3. The first-order valence-electron chi connectivity index (χ1n) is 19.3. The molecule has 0 unspecified atom stereocenters. The molecule has 0 fully saturated rings. The summed E-state index contributed by atoms with van der Waals surface area (Å²) in [6, 6.07) is 44.4. The maximum Gasteiger partial charge on any atom is 0.124 e. The van der Waals surface area contributed by atoms with Crippen LogP contribution in [0.4, 0.5) is 17.1 Å². The highest BCUT2D eigenvalue weighted by atomic mass is 16.3. The van der Waals surface area contributed by atoms with E-state index in [1.807, 2.05) is 6.07 Å². The van der Waals surface area contributed by atoms with Gasteiger partial charge >= 0.3 is 0 Å². The molecule has 0 atom stereocenters. The molecule has 4 heteroatoms. The van der Waals surface area contributed by atoms with Crippen LogP contribution in [0.15, 0.2) is 121 Å². The molecular weight excluding hydrogens is 671 g/mol. The van der Waals surface area contributed by atoms with Gasteiger partial charge in [0.1, 0.15) is 5.75 Å². The van der Waals surface area contributed by atoms with Gasteiger partial charge < -0.3 is 19.8 Å². The fourth-order valence-corrected chi connectivity index (χ4v) is 9.89. The Kier molecular flexibility index (Phi) is 7.51. The van der Waals surface area contributed by atoms with Gasteiger partial charge in [0, 0.05) is 87.2 Å². The van der Waals surface area contributed by atoms with Crippen molar-refractivity contribution in [3.05, 3.63) is 155 Å². The molecule has 3 aliphatic carbocycles. The average Bonchev–Trinajstić information content (AvgIpc) is 3.88. The van der Waals surface area contributed by atoms with Crippen LogP contribution in [0.5, 0.6) is 5.75 Å². The second-order valence-corrected chi connectivity index (χ2v) is 16.0. The maximum atomic E-state index is 12.7. The highest BCUT2D eigenvalue weighted by Crippen LogP contribution is 2.58. The molecule has 1 N–H and O–H groups in total. The van der Waals surface area contributed by atoms with Crippen molar-refractivity contribution in [1.29, 1.82) is 0 Å². The predicted octanol–water partition coefficient (Wildman–Crippen LogP) is 11.3. The topological polar surface area (TPSA) is 30.0 Å². The van der Waals surface area contributed by atoms with Crippen LogP contribution < -0.4 is 14.7 Å². The Morgan fingerprint density at radius 2 is 0.673 bits per heavy atom. The van der Waals surface area contributed by atoms with Crippen molar-refractivity contribution in [3.63, 3.8) is 0 Å². The minimum absolute atomic E-state index is 0.297. The van der Waals surface area contributed by atoms with E-state index in [0.29, 0.717) is 5.75 Å². The second kappa shape index (κ2) is 12.4. The van der Waals surface area contributed by atoms with E-state index in [0.717, 1.165) is 52.9 Å². The lowest BCUT2D eigenvalue weighted by molar-refractivity contribution is 0.477. The van der Waals surface area contributed by atoms with Crippen molar-refractivity contribution < 1.29 is 5.11 Å². The van der Waals surface area contributed by atoms with Crippen LogP contribution in [-0.4, -0.2) is 47.4 Å². The summed E-state index contributed by atoms with van der Waals surface area (Å²) in [5.41, 5.74) is 25.7. The molecule has 7 aromatic carbocycles. The molecule has 0 spiro atoms. The largest absolute Gasteiger partial charge is 0.507 e. The monoisotopic (exact) mass is 715 g/mol. The number of benzene rings is 7. The number of rotatable bonds is 6. The summed E-state index contributed by atoms with van der Waals surface area (Å²) in [5.74, 6) is 0.297. The molecule has 0 saturated carbocycles. The molecule has 270 valence electrons. The molecule has 7 aromatic rings. The highest BCUT2D eigenvalue weighted by Gasteiger charge is 2.35. The van der Waals surface area contributed by atoms with Gasteiger partial charge in [-0.2, -0.15) is 0 Å². The van der Waals surface area contributed by atoms with Gasteiger partial charge in [-0.05, 0) is 122 Å². The van der Waals surface area contributed by atoms with Crippen molar-refractivity contribution in [3.8, 4) is 72.5 Å². The number of hydrogen-bond acceptors (Lipinski definition) is 4. The standard InChI is InChI=1S/C51H45N3O/c1-52(2)43-23-19-36-33-16-10-7-13-30(33)27-40(36)47(43)39-22-26-46(55)51(49-42-29-32-15-9-12-18-35(32)38(42)21-25-45(49)54(5)6)50(39)48-41-28-31-14-8-11-17-34(31)37(41)20-24-44(48)53(3)4/h7-26,55H,27-29H2,1-6H3. The predicted molar refractivity (Wildman–Crippen MR) is 232 cm³/mol. The van der Waals surface area contributed by atoms with Crippen molar-refractivity contribution in [2.75, 3.05) is 57.0 Å². The fraction of sp³-hybridized carbons (Fsp3) is 0.176. The molecule has 0 heterocycles. The third-order valence-electron chi connectivity index (χ3n) is 12.3. The van der Waals surface area contributed by atoms with Gasteiger partial charge in [0.25, 0.3) is 0 Å². The zero-order valence-corrected chi connectivity index (χ0v) is 32.5. The van der Waals surface area contributed by atoms with Crippen LogP contribution in [0.3, 0.4) is 0 Å². The Bertz CT molecular complexity index is 2740. The number of phenolic OH excluding ortho intramolecular Hbond substituents is 1. The number of phenols is 1. The van der Waals surface area contributed by atoms with Crippen LogP contribution in [-0.2, 0) is 19.3 Å². The van der Waals surface area contributed by atoms with E-state index < -0.39 is 0 Å². The van der Waals surface area contributed by atoms with E-state index >= 15 is 0 Å². The van der Waals surface area contributed by atoms with E-state index in [1.165, 1.54) is 83.6 Å². The first-order chi connectivity index (χ1) is 26.7. The normalized spacial score (nSPS) is 12.8. The molecule has 4 nitrogen and oxygen atoms in total. The molecule has 0 saturated heterocycles. The van der Waals surface area contributed by atoms with Gasteiger partial charge in [-0.3, -0.25) is 0 Å². The van der Waals surface area contributed by atoms with Crippen LogP contribution in [0, 0.1) is 0 Å². The van der Waals surface area contributed by atoms with Gasteiger partial charge in [0.2, 0.25) is 0 Å². The first kappa shape index (κ1) is 33.3. The zero-order valence-electron chi connectivity index (χ0n) is 32.5.